The Balaban J connectivity index is 1.15. The van der Waals surface area contributed by atoms with Crippen molar-refractivity contribution in [2.45, 2.75) is 52.4 Å². The first-order chi connectivity index (χ1) is 22.0. The quantitative estimate of drug-likeness (QED) is 0.198. The Labute approximate surface area is 270 Å². The van der Waals surface area contributed by atoms with E-state index in [0.29, 0.717) is 0 Å². The summed E-state index contributed by atoms with van der Waals surface area (Å²) in [5, 5.41) is 4.94. The minimum Gasteiger partial charge on any atom is -0.456 e. The Morgan fingerprint density at radius 1 is 0.413 bits per heavy atom. The van der Waals surface area contributed by atoms with Crippen molar-refractivity contribution in [1.82, 2.24) is 4.57 Å². The summed E-state index contributed by atoms with van der Waals surface area (Å²) in [6.07, 6.45) is 0. The van der Waals surface area contributed by atoms with E-state index in [4.69, 9.17) is 4.42 Å². The zero-order chi connectivity index (χ0) is 31.8. The second kappa shape index (κ2) is 10.2. The number of fused-ring (bicyclic) bond motifs is 6. The van der Waals surface area contributed by atoms with Gasteiger partial charge in [-0.2, -0.15) is 0 Å². The zero-order valence-corrected chi connectivity index (χ0v) is 27.5. The SMILES string of the molecule is CC(C)(C)c1ccc2c(c1)c1cc(C(C)(C)C)ccc1n2-c1ccc(-c2ccc(-c3ccc4c(c3)oc3ccccc34)cc2)cc1. The number of para-hydroxylation sites is 1. The highest BCUT2D eigenvalue weighted by Crippen LogP contribution is 2.38. The third-order valence-corrected chi connectivity index (χ3v) is 9.55. The van der Waals surface area contributed by atoms with E-state index >= 15 is 0 Å². The van der Waals surface area contributed by atoms with Crippen LogP contribution in [0.4, 0.5) is 0 Å². The second-order valence-corrected chi connectivity index (χ2v) is 14.7. The van der Waals surface area contributed by atoms with Crippen molar-refractivity contribution in [2.75, 3.05) is 0 Å². The molecule has 0 saturated heterocycles. The third-order valence-electron chi connectivity index (χ3n) is 9.55. The summed E-state index contributed by atoms with van der Waals surface area (Å²) in [5.74, 6) is 0. The van der Waals surface area contributed by atoms with E-state index in [0.717, 1.165) is 27.5 Å². The predicted octanol–water partition coefficient (Wildman–Crippen LogP) is 12.6. The van der Waals surface area contributed by atoms with Gasteiger partial charge in [0.1, 0.15) is 11.2 Å². The van der Waals surface area contributed by atoms with Crippen LogP contribution in [-0.4, -0.2) is 4.57 Å². The molecule has 0 amide bonds. The molecule has 2 aromatic heterocycles. The first-order valence-corrected chi connectivity index (χ1v) is 16.3. The predicted molar refractivity (Wildman–Crippen MR) is 196 cm³/mol. The highest BCUT2D eigenvalue weighted by molar-refractivity contribution is 6.10. The van der Waals surface area contributed by atoms with E-state index in [1.54, 1.807) is 0 Å². The molecule has 0 atom stereocenters. The van der Waals surface area contributed by atoms with Crippen LogP contribution in [0.3, 0.4) is 0 Å². The molecule has 2 heterocycles. The fourth-order valence-corrected chi connectivity index (χ4v) is 6.80. The lowest BCUT2D eigenvalue weighted by molar-refractivity contribution is 0.590. The number of furan rings is 1. The molecular weight excluding hydrogens is 558 g/mol. The van der Waals surface area contributed by atoms with Gasteiger partial charge in [0.25, 0.3) is 0 Å². The average Bonchev–Trinajstić information content (AvgIpc) is 3.58. The molecule has 8 rings (SSSR count). The van der Waals surface area contributed by atoms with Crippen LogP contribution in [0.1, 0.15) is 52.7 Å². The molecule has 8 aromatic rings. The van der Waals surface area contributed by atoms with Gasteiger partial charge in [-0.15, -0.1) is 0 Å². The van der Waals surface area contributed by atoms with Crippen LogP contribution in [0.15, 0.2) is 132 Å². The van der Waals surface area contributed by atoms with Gasteiger partial charge in [0.2, 0.25) is 0 Å². The molecule has 226 valence electrons. The van der Waals surface area contributed by atoms with E-state index in [-0.39, 0.29) is 10.8 Å². The summed E-state index contributed by atoms with van der Waals surface area (Å²) in [5.41, 5.74) is 13.1. The maximum Gasteiger partial charge on any atom is 0.136 e. The molecule has 0 bridgehead atoms. The van der Waals surface area contributed by atoms with Crippen molar-refractivity contribution < 1.29 is 4.42 Å². The molecule has 0 aliphatic rings. The van der Waals surface area contributed by atoms with E-state index in [1.807, 2.05) is 12.1 Å². The van der Waals surface area contributed by atoms with Gasteiger partial charge in [0.05, 0.1) is 11.0 Å². The first-order valence-electron chi connectivity index (χ1n) is 16.3. The Morgan fingerprint density at radius 2 is 0.891 bits per heavy atom. The van der Waals surface area contributed by atoms with Gasteiger partial charge in [-0.1, -0.05) is 114 Å². The summed E-state index contributed by atoms with van der Waals surface area (Å²) in [4.78, 5) is 0. The standard InChI is InChI=1S/C44H39NO/c1-43(2,3)32-18-23-39-37(26-32)38-27-33(44(4,5)6)19-24-40(38)45(39)34-20-15-29(16-21-34)28-11-13-30(14-12-28)31-17-22-36-35-9-7-8-10-41(35)46-42(36)25-31/h7-27H,1-6H3. The normalized spacial score (nSPS) is 12.6. The van der Waals surface area contributed by atoms with E-state index in [1.165, 1.54) is 55.3 Å². The van der Waals surface area contributed by atoms with Crippen molar-refractivity contribution in [1.29, 1.82) is 0 Å². The van der Waals surface area contributed by atoms with E-state index in [9.17, 15) is 0 Å². The molecule has 0 unspecified atom stereocenters. The zero-order valence-electron chi connectivity index (χ0n) is 27.5. The molecular formula is C44H39NO. The number of hydrogen-bond acceptors (Lipinski definition) is 1. The smallest absolute Gasteiger partial charge is 0.136 e. The Hall–Kier alpha value is -5.08. The fraction of sp³-hybridized carbons (Fsp3) is 0.182. The molecule has 0 fully saturated rings. The molecule has 2 heteroatoms. The van der Waals surface area contributed by atoms with Gasteiger partial charge in [-0.05, 0) is 98.8 Å². The summed E-state index contributed by atoms with van der Waals surface area (Å²) >= 11 is 0. The van der Waals surface area contributed by atoms with Crippen LogP contribution in [0.5, 0.6) is 0 Å². The molecule has 0 spiro atoms. The van der Waals surface area contributed by atoms with Gasteiger partial charge < -0.3 is 8.98 Å². The molecule has 0 aliphatic carbocycles. The topological polar surface area (TPSA) is 18.1 Å². The van der Waals surface area contributed by atoms with Crippen LogP contribution >= 0.6 is 0 Å². The molecule has 46 heavy (non-hydrogen) atoms. The third kappa shape index (κ3) is 4.72. The van der Waals surface area contributed by atoms with Crippen LogP contribution in [0.2, 0.25) is 0 Å². The van der Waals surface area contributed by atoms with Gasteiger partial charge in [0.15, 0.2) is 0 Å². The fourth-order valence-electron chi connectivity index (χ4n) is 6.80. The van der Waals surface area contributed by atoms with Crippen molar-refractivity contribution in [2.24, 2.45) is 0 Å². The number of benzene rings is 6. The van der Waals surface area contributed by atoms with Crippen LogP contribution < -0.4 is 0 Å². The average molecular weight is 598 g/mol. The molecule has 0 radical (unpaired) electrons. The Kier molecular flexibility index (Phi) is 6.31. The van der Waals surface area contributed by atoms with Crippen LogP contribution in [0.25, 0.3) is 71.7 Å². The molecule has 2 nitrogen and oxygen atoms in total. The minimum atomic E-state index is 0.0849. The molecule has 0 saturated carbocycles. The lowest BCUT2D eigenvalue weighted by atomic mass is 9.85. The van der Waals surface area contributed by atoms with E-state index < -0.39 is 0 Å². The van der Waals surface area contributed by atoms with Crippen molar-refractivity contribution >= 4 is 43.7 Å². The number of rotatable bonds is 3. The molecule has 0 N–H and O–H groups in total. The summed E-state index contributed by atoms with van der Waals surface area (Å²) < 4.78 is 8.56. The summed E-state index contributed by atoms with van der Waals surface area (Å²) in [6.45, 7) is 13.7. The number of aromatic nitrogens is 1. The highest BCUT2D eigenvalue weighted by Gasteiger charge is 2.21. The van der Waals surface area contributed by atoms with Crippen LogP contribution in [0, 0.1) is 0 Å². The number of nitrogens with zero attached hydrogens (tertiary/aromatic N) is 1. The Bertz CT molecular complexity index is 2330. The summed E-state index contributed by atoms with van der Waals surface area (Å²) in [7, 11) is 0. The van der Waals surface area contributed by atoms with Crippen molar-refractivity contribution in [3.8, 4) is 27.9 Å². The van der Waals surface area contributed by atoms with Crippen molar-refractivity contribution in [3.63, 3.8) is 0 Å². The lowest BCUT2D eigenvalue weighted by Crippen LogP contribution is -2.10. The first kappa shape index (κ1) is 28.4. The second-order valence-electron chi connectivity index (χ2n) is 14.7. The number of hydrogen-bond donors (Lipinski definition) is 0. The van der Waals surface area contributed by atoms with Gasteiger partial charge >= 0.3 is 0 Å². The lowest BCUT2D eigenvalue weighted by Gasteiger charge is -2.19. The van der Waals surface area contributed by atoms with Gasteiger partial charge in [-0.3, -0.25) is 0 Å². The van der Waals surface area contributed by atoms with Gasteiger partial charge in [-0.25, -0.2) is 0 Å². The molecule has 6 aromatic carbocycles. The van der Waals surface area contributed by atoms with Crippen LogP contribution in [-0.2, 0) is 10.8 Å². The van der Waals surface area contributed by atoms with Crippen molar-refractivity contribution in [3.05, 3.63) is 139 Å². The Morgan fingerprint density at radius 3 is 1.46 bits per heavy atom. The highest BCUT2D eigenvalue weighted by atomic mass is 16.3. The maximum atomic E-state index is 6.14. The van der Waals surface area contributed by atoms with E-state index in [2.05, 4.69) is 161 Å². The minimum absolute atomic E-state index is 0.0849. The monoisotopic (exact) mass is 597 g/mol. The largest absolute Gasteiger partial charge is 0.456 e. The maximum absolute atomic E-state index is 6.14. The summed E-state index contributed by atoms with van der Waals surface area (Å²) in [6, 6.07) is 46.6. The van der Waals surface area contributed by atoms with Gasteiger partial charge in [0, 0.05) is 27.2 Å². The molecule has 0 aliphatic heterocycles.